The SMILES string of the molecule is CC(C)[C@H](N)C(=O)NCC(=O)Nc1cnc(C(C)(C)C)nc1.Cl. The van der Waals surface area contributed by atoms with E-state index in [2.05, 4.69) is 20.6 Å². The highest BCUT2D eigenvalue weighted by Gasteiger charge is 2.18. The second-order valence-corrected chi connectivity index (χ2v) is 6.58. The van der Waals surface area contributed by atoms with Crippen LogP contribution in [-0.2, 0) is 15.0 Å². The first-order chi connectivity index (χ1) is 10.1. The zero-order chi connectivity index (χ0) is 16.9. The van der Waals surface area contributed by atoms with Gasteiger partial charge in [-0.15, -0.1) is 12.4 Å². The number of carbonyl (C=O) groups excluding carboxylic acids is 2. The Labute approximate surface area is 143 Å². The second kappa shape index (κ2) is 8.79. The van der Waals surface area contributed by atoms with Gasteiger partial charge in [0.2, 0.25) is 11.8 Å². The van der Waals surface area contributed by atoms with Crippen LogP contribution in [-0.4, -0.2) is 34.4 Å². The van der Waals surface area contributed by atoms with Crippen LogP contribution >= 0.6 is 12.4 Å². The van der Waals surface area contributed by atoms with Crippen LogP contribution in [0, 0.1) is 5.92 Å². The molecule has 2 amide bonds. The molecule has 0 aliphatic heterocycles. The topological polar surface area (TPSA) is 110 Å². The monoisotopic (exact) mass is 343 g/mol. The molecule has 7 nitrogen and oxygen atoms in total. The predicted octanol–water partition coefficient (Wildman–Crippen LogP) is 1.23. The highest BCUT2D eigenvalue weighted by Crippen LogP contribution is 2.18. The Hall–Kier alpha value is -1.73. The minimum absolute atomic E-state index is 0. The van der Waals surface area contributed by atoms with E-state index in [0.717, 1.165) is 0 Å². The number of anilines is 1. The molecular weight excluding hydrogens is 318 g/mol. The van der Waals surface area contributed by atoms with Gasteiger partial charge in [0.05, 0.1) is 30.7 Å². The molecule has 0 unspecified atom stereocenters. The average molecular weight is 344 g/mol. The van der Waals surface area contributed by atoms with E-state index in [0.29, 0.717) is 11.5 Å². The van der Waals surface area contributed by atoms with Crippen molar-refractivity contribution in [1.82, 2.24) is 15.3 Å². The summed E-state index contributed by atoms with van der Waals surface area (Å²) in [6.45, 7) is 9.58. The Kier molecular flexibility index (Phi) is 8.12. The van der Waals surface area contributed by atoms with E-state index in [1.54, 1.807) is 12.4 Å². The quantitative estimate of drug-likeness (QED) is 0.745. The number of hydrogen-bond donors (Lipinski definition) is 3. The molecule has 1 aromatic heterocycles. The van der Waals surface area contributed by atoms with Crippen molar-refractivity contribution in [2.75, 3.05) is 11.9 Å². The molecule has 1 rings (SSSR count). The Morgan fingerprint density at radius 2 is 1.74 bits per heavy atom. The molecular formula is C15H26ClN5O2. The van der Waals surface area contributed by atoms with Gasteiger partial charge in [-0.3, -0.25) is 9.59 Å². The maximum atomic E-state index is 11.8. The lowest BCUT2D eigenvalue weighted by molar-refractivity contribution is -0.125. The molecule has 1 heterocycles. The highest BCUT2D eigenvalue weighted by atomic mass is 35.5. The molecule has 0 saturated heterocycles. The van der Waals surface area contributed by atoms with Gasteiger partial charge < -0.3 is 16.4 Å². The standard InChI is InChI=1S/C15H25N5O2.ClH/c1-9(2)12(16)13(22)17-8-11(21)20-10-6-18-14(19-7-10)15(3,4)5;/h6-7,9,12H,8,16H2,1-5H3,(H,17,22)(H,20,21);1H/t12-;/m0./s1. The van der Waals surface area contributed by atoms with Gasteiger partial charge in [-0.05, 0) is 5.92 Å². The van der Waals surface area contributed by atoms with E-state index in [9.17, 15) is 9.59 Å². The Bertz CT molecular complexity index is 526. The number of halogens is 1. The molecule has 23 heavy (non-hydrogen) atoms. The number of aromatic nitrogens is 2. The number of nitrogens with two attached hydrogens (primary N) is 1. The number of carbonyl (C=O) groups is 2. The number of amides is 2. The maximum Gasteiger partial charge on any atom is 0.243 e. The summed E-state index contributed by atoms with van der Waals surface area (Å²) in [5, 5.41) is 5.13. The third kappa shape index (κ3) is 6.92. The summed E-state index contributed by atoms with van der Waals surface area (Å²) < 4.78 is 0. The van der Waals surface area contributed by atoms with Crippen molar-refractivity contribution < 1.29 is 9.59 Å². The van der Waals surface area contributed by atoms with Crippen molar-refractivity contribution in [3.8, 4) is 0 Å². The molecule has 0 radical (unpaired) electrons. The number of nitrogens with zero attached hydrogens (tertiary/aromatic N) is 2. The first-order valence-electron chi connectivity index (χ1n) is 7.27. The fourth-order valence-electron chi connectivity index (χ4n) is 1.57. The molecule has 8 heteroatoms. The third-order valence-corrected chi connectivity index (χ3v) is 3.05. The zero-order valence-corrected chi connectivity index (χ0v) is 15.0. The van der Waals surface area contributed by atoms with Crippen LogP contribution in [0.3, 0.4) is 0 Å². The van der Waals surface area contributed by atoms with E-state index < -0.39 is 6.04 Å². The fraction of sp³-hybridized carbons (Fsp3) is 0.600. The van der Waals surface area contributed by atoms with E-state index in [1.165, 1.54) is 0 Å². The molecule has 0 bridgehead atoms. The van der Waals surface area contributed by atoms with Crippen molar-refractivity contribution in [2.24, 2.45) is 11.7 Å². The number of hydrogen-bond acceptors (Lipinski definition) is 5. The van der Waals surface area contributed by atoms with Crippen molar-refractivity contribution >= 4 is 29.9 Å². The Morgan fingerprint density at radius 1 is 1.22 bits per heavy atom. The van der Waals surface area contributed by atoms with Gasteiger partial charge >= 0.3 is 0 Å². The van der Waals surface area contributed by atoms with Gasteiger partial charge in [0, 0.05) is 5.41 Å². The molecule has 0 fully saturated rings. The van der Waals surface area contributed by atoms with Crippen LogP contribution in [0.4, 0.5) is 5.69 Å². The summed E-state index contributed by atoms with van der Waals surface area (Å²) in [6, 6.07) is -0.623. The summed E-state index contributed by atoms with van der Waals surface area (Å²) in [5.41, 5.74) is 6.03. The van der Waals surface area contributed by atoms with Crippen LogP contribution in [0.25, 0.3) is 0 Å². The molecule has 0 aromatic carbocycles. The van der Waals surface area contributed by atoms with Gasteiger partial charge in [0.25, 0.3) is 0 Å². The molecule has 130 valence electrons. The van der Waals surface area contributed by atoms with E-state index in [-0.39, 0.29) is 42.1 Å². The van der Waals surface area contributed by atoms with Crippen molar-refractivity contribution in [3.05, 3.63) is 18.2 Å². The predicted molar refractivity (Wildman–Crippen MR) is 92.4 cm³/mol. The van der Waals surface area contributed by atoms with Crippen LogP contribution in [0.1, 0.15) is 40.4 Å². The summed E-state index contributed by atoms with van der Waals surface area (Å²) in [7, 11) is 0. The normalized spacial score (nSPS) is 12.3. The van der Waals surface area contributed by atoms with Crippen LogP contribution in [0.2, 0.25) is 0 Å². The number of rotatable bonds is 5. The molecule has 0 saturated carbocycles. The third-order valence-electron chi connectivity index (χ3n) is 3.05. The van der Waals surface area contributed by atoms with Crippen LogP contribution in [0.5, 0.6) is 0 Å². The molecule has 0 aliphatic rings. The molecule has 1 atom stereocenters. The van der Waals surface area contributed by atoms with Crippen LogP contribution < -0.4 is 16.4 Å². The van der Waals surface area contributed by atoms with Gasteiger partial charge in [-0.1, -0.05) is 34.6 Å². The number of nitrogens with one attached hydrogen (secondary N) is 2. The minimum atomic E-state index is -0.623. The summed E-state index contributed by atoms with van der Waals surface area (Å²) in [4.78, 5) is 31.9. The van der Waals surface area contributed by atoms with E-state index in [4.69, 9.17) is 5.73 Å². The summed E-state index contributed by atoms with van der Waals surface area (Å²) in [6.07, 6.45) is 3.10. The smallest absolute Gasteiger partial charge is 0.243 e. The average Bonchev–Trinajstić information content (AvgIpc) is 2.43. The van der Waals surface area contributed by atoms with Gasteiger partial charge in [0.15, 0.2) is 0 Å². The molecule has 0 aliphatic carbocycles. The van der Waals surface area contributed by atoms with Crippen molar-refractivity contribution in [2.45, 2.75) is 46.1 Å². The lowest BCUT2D eigenvalue weighted by atomic mass is 9.96. The van der Waals surface area contributed by atoms with Crippen molar-refractivity contribution in [1.29, 1.82) is 0 Å². The molecule has 4 N–H and O–H groups in total. The molecule has 0 spiro atoms. The van der Waals surface area contributed by atoms with Gasteiger partial charge in [-0.2, -0.15) is 0 Å². The first-order valence-corrected chi connectivity index (χ1v) is 7.27. The summed E-state index contributed by atoms with van der Waals surface area (Å²) >= 11 is 0. The Balaban J connectivity index is 0.00000484. The Morgan fingerprint density at radius 3 is 2.17 bits per heavy atom. The van der Waals surface area contributed by atoms with E-state index >= 15 is 0 Å². The van der Waals surface area contributed by atoms with E-state index in [1.807, 2.05) is 34.6 Å². The largest absolute Gasteiger partial charge is 0.346 e. The zero-order valence-electron chi connectivity index (χ0n) is 14.2. The highest BCUT2D eigenvalue weighted by molar-refractivity contribution is 5.95. The lowest BCUT2D eigenvalue weighted by Crippen LogP contribution is -2.46. The lowest BCUT2D eigenvalue weighted by Gasteiger charge is -2.16. The van der Waals surface area contributed by atoms with Gasteiger partial charge in [-0.25, -0.2) is 9.97 Å². The fourth-order valence-corrected chi connectivity index (χ4v) is 1.57. The second-order valence-electron chi connectivity index (χ2n) is 6.58. The first kappa shape index (κ1) is 21.3. The van der Waals surface area contributed by atoms with Crippen LogP contribution in [0.15, 0.2) is 12.4 Å². The molecule has 1 aromatic rings. The van der Waals surface area contributed by atoms with Crippen molar-refractivity contribution in [3.63, 3.8) is 0 Å². The summed E-state index contributed by atoms with van der Waals surface area (Å²) in [5.74, 6) is 0.0176. The minimum Gasteiger partial charge on any atom is -0.346 e. The maximum absolute atomic E-state index is 11.8. The van der Waals surface area contributed by atoms with Gasteiger partial charge in [0.1, 0.15) is 5.82 Å².